The smallest absolute Gasteiger partial charge is 0.193 e. The maximum absolute atomic E-state index is 5.93. The molecule has 0 aliphatic rings. The standard InChI is InChI=1S/C20H27N3O2/c1-3-4-14-25-18-10-8-16(9-11-18)12-13-22-20(21)23-17-6-5-7-19(15-17)24-2/h5-11,15H,3-4,12-14H2,1-2H3,(H3,21,22,23). The molecule has 5 nitrogen and oxygen atoms in total. The van der Waals surface area contributed by atoms with Crippen molar-refractivity contribution in [2.75, 3.05) is 25.6 Å². The number of nitrogens with zero attached hydrogens (tertiary/aromatic N) is 1. The molecule has 2 aromatic carbocycles. The number of anilines is 1. The van der Waals surface area contributed by atoms with Crippen LogP contribution in [0.3, 0.4) is 0 Å². The van der Waals surface area contributed by atoms with Crippen LogP contribution in [0.2, 0.25) is 0 Å². The zero-order valence-corrected chi connectivity index (χ0v) is 15.0. The van der Waals surface area contributed by atoms with E-state index in [-0.39, 0.29) is 0 Å². The van der Waals surface area contributed by atoms with Crippen molar-refractivity contribution in [2.45, 2.75) is 26.2 Å². The van der Waals surface area contributed by atoms with Crippen LogP contribution in [0.5, 0.6) is 11.5 Å². The van der Waals surface area contributed by atoms with E-state index in [2.05, 4.69) is 29.4 Å². The number of guanidine groups is 1. The van der Waals surface area contributed by atoms with Gasteiger partial charge in [-0.2, -0.15) is 0 Å². The minimum Gasteiger partial charge on any atom is -0.497 e. The Morgan fingerprint density at radius 2 is 1.92 bits per heavy atom. The van der Waals surface area contributed by atoms with Gasteiger partial charge in [0.1, 0.15) is 11.5 Å². The van der Waals surface area contributed by atoms with Crippen LogP contribution < -0.4 is 20.5 Å². The maximum atomic E-state index is 5.93. The van der Waals surface area contributed by atoms with E-state index in [4.69, 9.17) is 15.2 Å². The SMILES string of the molecule is CCCCOc1ccc(CCN=C(N)Nc2cccc(OC)c2)cc1. The molecule has 0 radical (unpaired) electrons. The van der Waals surface area contributed by atoms with Gasteiger partial charge in [0.25, 0.3) is 0 Å². The Morgan fingerprint density at radius 1 is 1.12 bits per heavy atom. The molecule has 0 saturated carbocycles. The molecule has 0 fully saturated rings. The van der Waals surface area contributed by atoms with Gasteiger partial charge < -0.3 is 20.5 Å². The zero-order chi connectivity index (χ0) is 17.9. The van der Waals surface area contributed by atoms with Crippen molar-refractivity contribution in [2.24, 2.45) is 10.7 Å². The van der Waals surface area contributed by atoms with E-state index in [1.807, 2.05) is 36.4 Å². The summed E-state index contributed by atoms with van der Waals surface area (Å²) < 4.78 is 10.8. The molecule has 25 heavy (non-hydrogen) atoms. The minimum absolute atomic E-state index is 0.396. The van der Waals surface area contributed by atoms with Crippen molar-refractivity contribution in [3.05, 3.63) is 54.1 Å². The number of nitrogens with two attached hydrogens (primary N) is 1. The Hall–Kier alpha value is -2.69. The summed E-state index contributed by atoms with van der Waals surface area (Å²) in [5.74, 6) is 2.09. The van der Waals surface area contributed by atoms with Crippen LogP contribution in [-0.4, -0.2) is 26.2 Å². The van der Waals surface area contributed by atoms with Crippen LogP contribution in [0.1, 0.15) is 25.3 Å². The molecule has 5 heteroatoms. The van der Waals surface area contributed by atoms with E-state index in [1.54, 1.807) is 7.11 Å². The number of benzene rings is 2. The van der Waals surface area contributed by atoms with E-state index < -0.39 is 0 Å². The predicted octanol–water partition coefficient (Wildman–Crippen LogP) is 3.84. The maximum Gasteiger partial charge on any atom is 0.193 e. The molecule has 0 saturated heterocycles. The molecule has 3 N–H and O–H groups in total. The highest BCUT2D eigenvalue weighted by Gasteiger charge is 1.99. The van der Waals surface area contributed by atoms with Gasteiger partial charge in [0, 0.05) is 18.3 Å². The monoisotopic (exact) mass is 341 g/mol. The zero-order valence-electron chi connectivity index (χ0n) is 15.0. The summed E-state index contributed by atoms with van der Waals surface area (Å²) >= 11 is 0. The lowest BCUT2D eigenvalue weighted by molar-refractivity contribution is 0.309. The lowest BCUT2D eigenvalue weighted by atomic mass is 10.1. The summed E-state index contributed by atoms with van der Waals surface area (Å²) in [5, 5.41) is 3.07. The van der Waals surface area contributed by atoms with Gasteiger partial charge in [-0.1, -0.05) is 31.5 Å². The van der Waals surface area contributed by atoms with Crippen molar-refractivity contribution in [3.63, 3.8) is 0 Å². The van der Waals surface area contributed by atoms with Crippen molar-refractivity contribution in [1.82, 2.24) is 0 Å². The second kappa shape index (κ2) is 10.2. The molecule has 2 rings (SSSR count). The van der Waals surface area contributed by atoms with Gasteiger partial charge in [-0.3, -0.25) is 4.99 Å². The number of nitrogens with one attached hydrogen (secondary N) is 1. The first-order valence-electron chi connectivity index (χ1n) is 8.64. The van der Waals surface area contributed by atoms with Gasteiger partial charge >= 0.3 is 0 Å². The molecular formula is C20H27N3O2. The fraction of sp³-hybridized carbons (Fsp3) is 0.350. The first-order valence-corrected chi connectivity index (χ1v) is 8.64. The van der Waals surface area contributed by atoms with Gasteiger partial charge in [0.05, 0.1) is 13.7 Å². The van der Waals surface area contributed by atoms with Gasteiger partial charge in [-0.05, 0) is 42.7 Å². The van der Waals surface area contributed by atoms with Crippen molar-refractivity contribution in [1.29, 1.82) is 0 Å². The molecule has 0 heterocycles. The van der Waals surface area contributed by atoms with Crippen LogP contribution in [0.4, 0.5) is 5.69 Å². The largest absolute Gasteiger partial charge is 0.497 e. The van der Waals surface area contributed by atoms with Crippen LogP contribution in [0.15, 0.2) is 53.5 Å². The fourth-order valence-electron chi connectivity index (χ4n) is 2.28. The van der Waals surface area contributed by atoms with E-state index in [0.29, 0.717) is 12.5 Å². The third kappa shape index (κ3) is 6.75. The quantitative estimate of drug-likeness (QED) is 0.413. The molecule has 2 aromatic rings. The first-order chi connectivity index (χ1) is 12.2. The molecule has 0 bridgehead atoms. The van der Waals surface area contributed by atoms with E-state index in [1.165, 1.54) is 5.56 Å². The second-order valence-electron chi connectivity index (χ2n) is 5.72. The lowest BCUT2D eigenvalue weighted by Gasteiger charge is -2.08. The molecule has 0 spiro atoms. The van der Waals surface area contributed by atoms with Crippen molar-refractivity contribution < 1.29 is 9.47 Å². The number of unbranched alkanes of at least 4 members (excludes halogenated alkanes) is 1. The topological polar surface area (TPSA) is 68.9 Å². The third-order valence-corrected chi connectivity index (χ3v) is 3.71. The minimum atomic E-state index is 0.396. The Morgan fingerprint density at radius 3 is 2.64 bits per heavy atom. The molecule has 0 atom stereocenters. The summed E-state index contributed by atoms with van der Waals surface area (Å²) in [6.07, 6.45) is 3.05. The normalized spacial score (nSPS) is 11.2. The van der Waals surface area contributed by atoms with Crippen LogP contribution in [0, 0.1) is 0 Å². The number of rotatable bonds is 9. The van der Waals surface area contributed by atoms with Crippen LogP contribution in [0.25, 0.3) is 0 Å². The van der Waals surface area contributed by atoms with Crippen LogP contribution in [-0.2, 0) is 6.42 Å². The average Bonchev–Trinajstić information content (AvgIpc) is 2.63. The number of hydrogen-bond donors (Lipinski definition) is 2. The summed E-state index contributed by atoms with van der Waals surface area (Å²) in [4.78, 5) is 4.36. The average molecular weight is 341 g/mol. The van der Waals surface area contributed by atoms with Crippen LogP contribution >= 0.6 is 0 Å². The van der Waals surface area contributed by atoms with Gasteiger partial charge in [-0.15, -0.1) is 0 Å². The van der Waals surface area contributed by atoms with Gasteiger partial charge in [0.15, 0.2) is 5.96 Å². The number of ether oxygens (including phenoxy) is 2. The molecule has 134 valence electrons. The molecule has 0 amide bonds. The highest BCUT2D eigenvalue weighted by atomic mass is 16.5. The lowest BCUT2D eigenvalue weighted by Crippen LogP contribution is -2.23. The fourth-order valence-corrected chi connectivity index (χ4v) is 2.28. The van der Waals surface area contributed by atoms with E-state index in [0.717, 1.165) is 43.1 Å². The number of aliphatic imine (C=N–C) groups is 1. The summed E-state index contributed by atoms with van der Waals surface area (Å²) in [6, 6.07) is 15.7. The Labute approximate surface area is 149 Å². The van der Waals surface area contributed by atoms with Crippen molar-refractivity contribution >= 4 is 11.6 Å². The highest BCUT2D eigenvalue weighted by molar-refractivity contribution is 5.92. The third-order valence-electron chi connectivity index (χ3n) is 3.71. The molecule has 0 aromatic heterocycles. The summed E-state index contributed by atoms with van der Waals surface area (Å²) in [5.41, 5.74) is 8.00. The first kappa shape index (κ1) is 18.6. The highest BCUT2D eigenvalue weighted by Crippen LogP contribution is 2.16. The van der Waals surface area contributed by atoms with E-state index >= 15 is 0 Å². The number of methoxy groups -OCH3 is 1. The second-order valence-corrected chi connectivity index (χ2v) is 5.72. The van der Waals surface area contributed by atoms with Crippen molar-refractivity contribution in [3.8, 4) is 11.5 Å². The molecule has 0 aliphatic carbocycles. The Bertz CT molecular complexity index is 669. The summed E-state index contributed by atoms with van der Waals surface area (Å²) in [6.45, 7) is 3.55. The molecule has 0 unspecified atom stereocenters. The molecular weight excluding hydrogens is 314 g/mol. The van der Waals surface area contributed by atoms with Gasteiger partial charge in [0.2, 0.25) is 0 Å². The Balaban J connectivity index is 1.79. The van der Waals surface area contributed by atoms with Gasteiger partial charge in [-0.25, -0.2) is 0 Å². The molecule has 0 aliphatic heterocycles. The predicted molar refractivity (Wildman–Crippen MR) is 104 cm³/mol. The number of hydrogen-bond acceptors (Lipinski definition) is 3. The summed E-state index contributed by atoms with van der Waals surface area (Å²) in [7, 11) is 1.64. The Kier molecular flexibility index (Phi) is 7.63. The van der Waals surface area contributed by atoms with E-state index in [9.17, 15) is 0 Å².